The summed E-state index contributed by atoms with van der Waals surface area (Å²) in [5.41, 5.74) is 3.15. The van der Waals surface area contributed by atoms with E-state index in [2.05, 4.69) is 34.4 Å². The van der Waals surface area contributed by atoms with Crippen LogP contribution in [0.15, 0.2) is 29.0 Å². The largest absolute Gasteiger partial charge is 0.443 e. The second-order valence-corrected chi connectivity index (χ2v) is 5.53. The summed E-state index contributed by atoms with van der Waals surface area (Å²) in [6, 6.07) is 6.29. The maximum Gasteiger partial charge on any atom is 0.181 e. The van der Waals surface area contributed by atoms with Gasteiger partial charge < -0.3 is 14.6 Å². The molecule has 4 heteroatoms. The summed E-state index contributed by atoms with van der Waals surface area (Å²) in [6.07, 6.45) is 3.88. The fourth-order valence-electron chi connectivity index (χ4n) is 2.78. The summed E-state index contributed by atoms with van der Waals surface area (Å²) in [7, 11) is 2.21. The zero-order valence-corrected chi connectivity index (χ0v) is 11.4. The molecule has 1 aliphatic rings. The van der Waals surface area contributed by atoms with E-state index < -0.39 is 0 Å². The Hall–Kier alpha value is -1.39. The molecule has 1 saturated heterocycles. The van der Waals surface area contributed by atoms with Crippen LogP contribution < -0.4 is 5.32 Å². The smallest absolute Gasteiger partial charge is 0.181 e. The monoisotopic (exact) mass is 259 g/mol. The minimum absolute atomic E-state index is 0.821. The van der Waals surface area contributed by atoms with Gasteiger partial charge in [-0.25, -0.2) is 4.98 Å². The molecule has 1 fully saturated rings. The topological polar surface area (TPSA) is 41.3 Å². The van der Waals surface area contributed by atoms with Crippen LogP contribution in [0.4, 0.5) is 0 Å². The standard InChI is InChI=1S/C15H21N3O/c1-18(10-13-4-6-16-9-13)7-5-12-2-3-14-15(8-12)19-11-17-14/h2-3,8,11,13,16H,4-7,9-10H2,1H3. The lowest BCUT2D eigenvalue weighted by molar-refractivity contribution is 0.288. The molecule has 19 heavy (non-hydrogen) atoms. The number of benzene rings is 1. The highest BCUT2D eigenvalue weighted by Crippen LogP contribution is 2.15. The highest BCUT2D eigenvalue weighted by molar-refractivity contribution is 5.72. The van der Waals surface area contributed by atoms with Gasteiger partial charge in [0.15, 0.2) is 12.0 Å². The molecule has 0 aliphatic carbocycles. The number of nitrogens with zero attached hydrogens (tertiary/aromatic N) is 2. The van der Waals surface area contributed by atoms with E-state index in [1.165, 1.54) is 38.0 Å². The van der Waals surface area contributed by atoms with E-state index in [1.54, 1.807) is 0 Å². The first-order chi connectivity index (χ1) is 9.31. The molecule has 2 aromatic rings. The Morgan fingerprint density at radius 2 is 2.42 bits per heavy atom. The van der Waals surface area contributed by atoms with Gasteiger partial charge in [-0.15, -0.1) is 0 Å². The van der Waals surface area contributed by atoms with Gasteiger partial charge in [-0.2, -0.15) is 0 Å². The molecule has 4 nitrogen and oxygen atoms in total. The molecule has 0 amide bonds. The first-order valence-electron chi connectivity index (χ1n) is 7.02. The zero-order chi connectivity index (χ0) is 13.1. The van der Waals surface area contributed by atoms with Crippen LogP contribution in [-0.4, -0.2) is 43.1 Å². The Morgan fingerprint density at radius 1 is 1.47 bits per heavy atom. The summed E-state index contributed by atoms with van der Waals surface area (Å²) in [6.45, 7) is 4.64. The summed E-state index contributed by atoms with van der Waals surface area (Å²) in [5, 5.41) is 3.42. The first kappa shape index (κ1) is 12.6. The van der Waals surface area contributed by atoms with E-state index in [-0.39, 0.29) is 0 Å². The fourth-order valence-corrected chi connectivity index (χ4v) is 2.78. The summed E-state index contributed by atoms with van der Waals surface area (Å²) < 4.78 is 5.34. The Kier molecular flexibility index (Phi) is 3.80. The van der Waals surface area contributed by atoms with Gasteiger partial charge in [-0.05, 0) is 56.6 Å². The summed E-state index contributed by atoms with van der Waals surface area (Å²) >= 11 is 0. The zero-order valence-electron chi connectivity index (χ0n) is 11.4. The third-order valence-electron chi connectivity index (χ3n) is 3.91. The van der Waals surface area contributed by atoms with Crippen LogP contribution in [0.2, 0.25) is 0 Å². The maximum absolute atomic E-state index is 5.34. The van der Waals surface area contributed by atoms with Crippen molar-refractivity contribution < 1.29 is 4.42 Å². The van der Waals surface area contributed by atoms with Gasteiger partial charge in [-0.3, -0.25) is 0 Å². The minimum Gasteiger partial charge on any atom is -0.443 e. The number of hydrogen-bond donors (Lipinski definition) is 1. The third-order valence-corrected chi connectivity index (χ3v) is 3.91. The van der Waals surface area contributed by atoms with Crippen molar-refractivity contribution in [3.63, 3.8) is 0 Å². The lowest BCUT2D eigenvalue weighted by Crippen LogP contribution is -2.28. The SMILES string of the molecule is CN(CCc1ccc2ncoc2c1)CC1CCNC1. The first-order valence-corrected chi connectivity index (χ1v) is 7.02. The average Bonchev–Trinajstić information content (AvgIpc) is 3.06. The molecule has 0 radical (unpaired) electrons. The van der Waals surface area contributed by atoms with Crippen LogP contribution in [0.3, 0.4) is 0 Å². The average molecular weight is 259 g/mol. The van der Waals surface area contributed by atoms with Crippen molar-refractivity contribution in [3.8, 4) is 0 Å². The molecule has 2 heterocycles. The molecular formula is C15H21N3O. The van der Waals surface area contributed by atoms with Gasteiger partial charge in [-0.1, -0.05) is 6.07 Å². The van der Waals surface area contributed by atoms with Crippen molar-refractivity contribution in [1.29, 1.82) is 0 Å². The number of rotatable bonds is 5. The number of oxazole rings is 1. The normalized spacial score (nSPS) is 19.6. The Morgan fingerprint density at radius 3 is 3.26 bits per heavy atom. The summed E-state index contributed by atoms with van der Waals surface area (Å²) in [4.78, 5) is 6.57. The lowest BCUT2D eigenvalue weighted by atomic mass is 10.1. The molecule has 1 aliphatic heterocycles. The molecule has 102 valence electrons. The Balaban J connectivity index is 1.52. The van der Waals surface area contributed by atoms with Crippen LogP contribution in [0.1, 0.15) is 12.0 Å². The molecule has 1 unspecified atom stereocenters. The Bertz CT molecular complexity index is 531. The van der Waals surface area contributed by atoms with Gasteiger partial charge in [0.25, 0.3) is 0 Å². The van der Waals surface area contributed by atoms with Crippen molar-refractivity contribution in [2.75, 3.05) is 33.2 Å². The van der Waals surface area contributed by atoms with Crippen molar-refractivity contribution in [2.45, 2.75) is 12.8 Å². The van der Waals surface area contributed by atoms with E-state index >= 15 is 0 Å². The molecule has 0 spiro atoms. The predicted octanol–water partition coefficient (Wildman–Crippen LogP) is 1.91. The number of nitrogens with one attached hydrogen (secondary N) is 1. The Labute approximate surface area is 113 Å². The second kappa shape index (κ2) is 5.72. The van der Waals surface area contributed by atoms with E-state index in [9.17, 15) is 0 Å². The van der Waals surface area contributed by atoms with E-state index in [4.69, 9.17) is 4.42 Å². The van der Waals surface area contributed by atoms with Crippen molar-refractivity contribution >= 4 is 11.1 Å². The van der Waals surface area contributed by atoms with Gasteiger partial charge in [0, 0.05) is 13.1 Å². The minimum atomic E-state index is 0.821. The van der Waals surface area contributed by atoms with E-state index in [0.717, 1.165) is 30.0 Å². The van der Waals surface area contributed by atoms with Crippen LogP contribution in [0.5, 0.6) is 0 Å². The lowest BCUT2D eigenvalue weighted by Gasteiger charge is -2.20. The van der Waals surface area contributed by atoms with Gasteiger partial charge in [0.05, 0.1) is 0 Å². The van der Waals surface area contributed by atoms with E-state index in [1.807, 2.05) is 6.07 Å². The molecular weight excluding hydrogens is 238 g/mol. The quantitative estimate of drug-likeness (QED) is 0.890. The molecule has 1 aromatic heterocycles. The fraction of sp³-hybridized carbons (Fsp3) is 0.533. The van der Waals surface area contributed by atoms with Crippen molar-refractivity contribution in [1.82, 2.24) is 15.2 Å². The maximum atomic E-state index is 5.34. The van der Waals surface area contributed by atoms with E-state index in [0.29, 0.717) is 0 Å². The molecule has 0 bridgehead atoms. The van der Waals surface area contributed by atoms with Crippen molar-refractivity contribution in [2.24, 2.45) is 5.92 Å². The predicted molar refractivity (Wildman–Crippen MR) is 76.2 cm³/mol. The number of fused-ring (bicyclic) bond motifs is 1. The second-order valence-electron chi connectivity index (χ2n) is 5.53. The van der Waals surface area contributed by atoms with Gasteiger partial charge in [0.1, 0.15) is 5.52 Å². The number of hydrogen-bond acceptors (Lipinski definition) is 4. The van der Waals surface area contributed by atoms with Crippen LogP contribution in [0, 0.1) is 5.92 Å². The van der Waals surface area contributed by atoms with Crippen LogP contribution in [0.25, 0.3) is 11.1 Å². The van der Waals surface area contributed by atoms with Gasteiger partial charge >= 0.3 is 0 Å². The molecule has 0 saturated carbocycles. The van der Waals surface area contributed by atoms with Crippen LogP contribution >= 0.6 is 0 Å². The van der Waals surface area contributed by atoms with Gasteiger partial charge in [0.2, 0.25) is 0 Å². The molecule has 1 aromatic carbocycles. The molecule has 1 N–H and O–H groups in total. The number of likely N-dealkylation sites (N-methyl/N-ethyl adjacent to an activating group) is 1. The highest BCUT2D eigenvalue weighted by Gasteiger charge is 2.16. The van der Waals surface area contributed by atoms with Crippen molar-refractivity contribution in [3.05, 3.63) is 30.2 Å². The highest BCUT2D eigenvalue weighted by atomic mass is 16.3. The third kappa shape index (κ3) is 3.14. The van der Waals surface area contributed by atoms with Crippen LogP contribution in [-0.2, 0) is 6.42 Å². The summed E-state index contributed by atoms with van der Waals surface area (Å²) in [5.74, 6) is 0.821. The molecule has 1 atom stereocenters. The number of aromatic nitrogens is 1. The molecule has 3 rings (SSSR count).